The van der Waals surface area contributed by atoms with E-state index in [-0.39, 0.29) is 11.9 Å². The van der Waals surface area contributed by atoms with Crippen molar-refractivity contribution < 1.29 is 14.9 Å². The maximum atomic E-state index is 9.92. The van der Waals surface area contributed by atoms with Crippen molar-refractivity contribution >= 4 is 0 Å². The highest BCUT2D eigenvalue weighted by molar-refractivity contribution is 5.47. The molecule has 0 amide bonds. The fraction of sp³-hybridized carbons (Fsp3) is 0.500. The van der Waals surface area contributed by atoms with Crippen molar-refractivity contribution in [3.8, 4) is 11.5 Å². The third kappa shape index (κ3) is 2.86. The van der Waals surface area contributed by atoms with Crippen molar-refractivity contribution in [1.29, 1.82) is 0 Å². The third-order valence-corrected chi connectivity index (χ3v) is 1.98. The summed E-state index contributed by atoms with van der Waals surface area (Å²) in [5.41, 5.74) is -0.686. The first kappa shape index (κ1) is 11.9. The van der Waals surface area contributed by atoms with Gasteiger partial charge in [-0.1, -0.05) is 6.07 Å². The van der Waals surface area contributed by atoms with Crippen LogP contribution in [0.4, 0.5) is 0 Å². The van der Waals surface area contributed by atoms with E-state index in [1.54, 1.807) is 32.0 Å². The molecule has 0 atom stereocenters. The van der Waals surface area contributed by atoms with Crippen molar-refractivity contribution in [1.82, 2.24) is 0 Å². The molecule has 0 spiro atoms. The van der Waals surface area contributed by atoms with Crippen LogP contribution in [0.25, 0.3) is 0 Å². The molecule has 3 heteroatoms. The van der Waals surface area contributed by atoms with Crippen molar-refractivity contribution in [2.75, 3.05) is 0 Å². The molecular weight excluding hydrogens is 192 g/mol. The molecule has 84 valence electrons. The van der Waals surface area contributed by atoms with Crippen LogP contribution in [-0.2, 0) is 5.60 Å². The lowest BCUT2D eigenvalue weighted by molar-refractivity contribution is 0.0703. The Labute approximate surface area is 90.3 Å². The number of aliphatic hydroxyl groups is 1. The second-order valence-corrected chi connectivity index (χ2v) is 4.38. The number of rotatable bonds is 3. The molecule has 1 aromatic rings. The number of aromatic hydroxyl groups is 1. The van der Waals surface area contributed by atoms with E-state index in [0.29, 0.717) is 11.3 Å². The molecule has 0 aliphatic rings. The molecule has 0 aliphatic carbocycles. The van der Waals surface area contributed by atoms with Crippen LogP contribution in [0.3, 0.4) is 0 Å². The largest absolute Gasteiger partial charge is 0.507 e. The fourth-order valence-electron chi connectivity index (χ4n) is 1.49. The van der Waals surface area contributed by atoms with E-state index >= 15 is 0 Å². The highest BCUT2D eigenvalue weighted by Crippen LogP contribution is 2.37. The molecule has 1 rings (SSSR count). The van der Waals surface area contributed by atoms with E-state index in [0.717, 1.165) is 0 Å². The van der Waals surface area contributed by atoms with Gasteiger partial charge < -0.3 is 14.9 Å². The maximum absolute atomic E-state index is 9.92. The topological polar surface area (TPSA) is 49.7 Å². The van der Waals surface area contributed by atoms with E-state index in [4.69, 9.17) is 4.74 Å². The zero-order valence-corrected chi connectivity index (χ0v) is 9.61. The number of benzene rings is 1. The van der Waals surface area contributed by atoms with Gasteiger partial charge >= 0.3 is 0 Å². The predicted octanol–water partition coefficient (Wildman–Crippen LogP) is 2.41. The van der Waals surface area contributed by atoms with Crippen LogP contribution in [0.1, 0.15) is 33.3 Å². The number of phenolic OH excluding ortho intramolecular Hbond substituents is 1. The van der Waals surface area contributed by atoms with Crippen LogP contribution in [0.5, 0.6) is 11.5 Å². The Morgan fingerprint density at radius 3 is 2.33 bits per heavy atom. The normalized spacial score (nSPS) is 11.9. The summed E-state index contributed by atoms with van der Waals surface area (Å²) in [6, 6.07) is 4.98. The summed E-state index contributed by atoms with van der Waals surface area (Å²) in [5, 5.41) is 19.6. The van der Waals surface area contributed by atoms with Gasteiger partial charge in [0.05, 0.1) is 17.3 Å². The highest BCUT2D eigenvalue weighted by Gasteiger charge is 2.25. The van der Waals surface area contributed by atoms with Gasteiger partial charge in [-0.25, -0.2) is 0 Å². The molecule has 15 heavy (non-hydrogen) atoms. The number of phenols is 1. The van der Waals surface area contributed by atoms with E-state index in [2.05, 4.69) is 0 Å². The average Bonchev–Trinajstić information content (AvgIpc) is 1.99. The molecule has 0 saturated carbocycles. The van der Waals surface area contributed by atoms with E-state index in [1.807, 2.05) is 13.8 Å². The van der Waals surface area contributed by atoms with E-state index in [1.165, 1.54) is 0 Å². The van der Waals surface area contributed by atoms with Crippen LogP contribution in [0, 0.1) is 0 Å². The van der Waals surface area contributed by atoms with Crippen LogP contribution in [0.15, 0.2) is 18.2 Å². The van der Waals surface area contributed by atoms with Crippen molar-refractivity contribution in [2.24, 2.45) is 0 Å². The molecule has 0 saturated heterocycles. The van der Waals surface area contributed by atoms with Gasteiger partial charge in [0.25, 0.3) is 0 Å². The minimum atomic E-state index is -1.12. The second-order valence-electron chi connectivity index (χ2n) is 4.38. The van der Waals surface area contributed by atoms with Crippen LogP contribution in [-0.4, -0.2) is 16.3 Å². The fourth-order valence-corrected chi connectivity index (χ4v) is 1.49. The number of hydrogen-bond donors (Lipinski definition) is 2. The molecule has 2 N–H and O–H groups in total. The average molecular weight is 210 g/mol. The monoisotopic (exact) mass is 210 g/mol. The molecule has 0 aliphatic heterocycles. The lowest BCUT2D eigenvalue weighted by Crippen LogP contribution is -2.19. The van der Waals surface area contributed by atoms with Crippen molar-refractivity contribution in [3.05, 3.63) is 23.8 Å². The molecule has 0 aromatic heterocycles. The quantitative estimate of drug-likeness (QED) is 0.805. The van der Waals surface area contributed by atoms with Crippen molar-refractivity contribution in [3.63, 3.8) is 0 Å². The molecule has 1 aromatic carbocycles. The molecular formula is C12H18O3. The predicted molar refractivity (Wildman–Crippen MR) is 59.1 cm³/mol. The van der Waals surface area contributed by atoms with Gasteiger partial charge in [-0.2, -0.15) is 0 Å². The van der Waals surface area contributed by atoms with E-state index < -0.39 is 5.60 Å². The molecule has 3 nitrogen and oxygen atoms in total. The maximum Gasteiger partial charge on any atom is 0.129 e. The first-order valence-electron chi connectivity index (χ1n) is 5.04. The van der Waals surface area contributed by atoms with Gasteiger partial charge in [0.2, 0.25) is 0 Å². The zero-order valence-electron chi connectivity index (χ0n) is 9.61. The summed E-state index contributed by atoms with van der Waals surface area (Å²) >= 11 is 0. The summed E-state index contributed by atoms with van der Waals surface area (Å²) < 4.78 is 5.53. The smallest absolute Gasteiger partial charge is 0.129 e. The lowest BCUT2D eigenvalue weighted by atomic mass is 9.96. The van der Waals surface area contributed by atoms with E-state index in [9.17, 15) is 10.2 Å². The standard InChI is InChI=1S/C12H18O3/c1-8(2)15-10-7-5-6-9(13)11(10)12(3,4)14/h5-8,13-14H,1-4H3. The van der Waals surface area contributed by atoms with Gasteiger partial charge in [0, 0.05) is 0 Å². The first-order valence-corrected chi connectivity index (χ1v) is 5.04. The summed E-state index contributed by atoms with van der Waals surface area (Å²) in [4.78, 5) is 0. The molecule has 0 heterocycles. The molecule has 0 unspecified atom stereocenters. The Balaban J connectivity index is 3.21. The molecule has 0 radical (unpaired) electrons. The summed E-state index contributed by atoms with van der Waals surface area (Å²) in [6.45, 7) is 7.04. The van der Waals surface area contributed by atoms with Crippen LogP contribution < -0.4 is 4.74 Å². The minimum Gasteiger partial charge on any atom is -0.507 e. The Kier molecular flexibility index (Phi) is 3.25. The number of hydrogen-bond acceptors (Lipinski definition) is 3. The Hall–Kier alpha value is -1.22. The summed E-state index contributed by atoms with van der Waals surface area (Å²) in [6.07, 6.45) is 0.00731. The highest BCUT2D eigenvalue weighted by atomic mass is 16.5. The summed E-state index contributed by atoms with van der Waals surface area (Å²) in [7, 11) is 0. The molecule has 0 fully saturated rings. The Morgan fingerprint density at radius 1 is 1.27 bits per heavy atom. The minimum absolute atomic E-state index is 0.00731. The van der Waals surface area contributed by atoms with Crippen LogP contribution >= 0.6 is 0 Å². The van der Waals surface area contributed by atoms with Gasteiger partial charge in [-0.3, -0.25) is 0 Å². The van der Waals surface area contributed by atoms with Gasteiger partial charge in [-0.05, 0) is 39.8 Å². The lowest BCUT2D eigenvalue weighted by Gasteiger charge is -2.23. The van der Waals surface area contributed by atoms with Gasteiger partial charge in [0.15, 0.2) is 0 Å². The van der Waals surface area contributed by atoms with Crippen molar-refractivity contribution in [2.45, 2.75) is 39.4 Å². The molecule has 0 bridgehead atoms. The SMILES string of the molecule is CC(C)Oc1cccc(O)c1C(C)(C)O. The van der Waals surface area contributed by atoms with Crippen LogP contribution in [0.2, 0.25) is 0 Å². The number of ether oxygens (including phenoxy) is 1. The first-order chi connectivity index (χ1) is 6.82. The zero-order chi connectivity index (χ0) is 11.6. The Bertz CT molecular complexity index is 337. The second kappa shape index (κ2) is 4.11. The van der Waals surface area contributed by atoms with Gasteiger partial charge in [-0.15, -0.1) is 0 Å². The third-order valence-electron chi connectivity index (χ3n) is 1.98. The summed E-state index contributed by atoms with van der Waals surface area (Å²) in [5.74, 6) is 0.582. The van der Waals surface area contributed by atoms with Gasteiger partial charge in [0.1, 0.15) is 11.5 Å². The Morgan fingerprint density at radius 2 is 1.87 bits per heavy atom.